The second kappa shape index (κ2) is 5.31. The number of amides is 1. The number of benzene rings is 2. The van der Waals surface area contributed by atoms with Crippen LogP contribution in [0.3, 0.4) is 0 Å². The van der Waals surface area contributed by atoms with E-state index in [9.17, 15) is 9.18 Å². The van der Waals surface area contributed by atoms with E-state index in [0.29, 0.717) is 11.3 Å². The summed E-state index contributed by atoms with van der Waals surface area (Å²) in [6, 6.07) is 12.9. The second-order valence-electron chi connectivity index (χ2n) is 3.67. The lowest BCUT2D eigenvalue weighted by Gasteiger charge is -2.07. The topological polar surface area (TPSA) is 38.3 Å². The van der Waals surface area contributed by atoms with Gasteiger partial charge in [-0.05, 0) is 24.3 Å². The lowest BCUT2D eigenvalue weighted by Crippen LogP contribution is -2.12. The maximum atomic E-state index is 13.6. The van der Waals surface area contributed by atoms with E-state index in [-0.39, 0.29) is 11.6 Å². The Morgan fingerprint density at radius 2 is 1.89 bits per heavy atom. The summed E-state index contributed by atoms with van der Waals surface area (Å²) in [5, 5.41) is 2.51. The van der Waals surface area contributed by atoms with Crippen LogP contribution in [0.15, 0.2) is 48.5 Å². The molecule has 2 rings (SSSR count). The summed E-state index contributed by atoms with van der Waals surface area (Å²) >= 11 is 0. The quantitative estimate of drug-likeness (QED) is 0.902. The van der Waals surface area contributed by atoms with E-state index in [1.54, 1.807) is 30.3 Å². The third-order valence-corrected chi connectivity index (χ3v) is 2.46. The van der Waals surface area contributed by atoms with Crippen LogP contribution in [0.25, 0.3) is 0 Å². The van der Waals surface area contributed by atoms with E-state index in [2.05, 4.69) is 5.32 Å². The molecule has 92 valence electrons. The van der Waals surface area contributed by atoms with Crippen molar-refractivity contribution in [1.29, 1.82) is 0 Å². The molecule has 0 aliphatic rings. The number of ether oxygens (including phenoxy) is 1. The van der Waals surface area contributed by atoms with Crippen molar-refractivity contribution in [3.63, 3.8) is 0 Å². The average Bonchev–Trinajstić information content (AvgIpc) is 2.42. The maximum absolute atomic E-state index is 13.6. The number of rotatable bonds is 3. The van der Waals surface area contributed by atoms with Crippen molar-refractivity contribution in [3.8, 4) is 5.75 Å². The summed E-state index contributed by atoms with van der Waals surface area (Å²) in [5.74, 6) is -0.469. The van der Waals surface area contributed by atoms with Crippen LogP contribution in [-0.2, 0) is 0 Å². The van der Waals surface area contributed by atoms with Crippen LogP contribution in [-0.4, -0.2) is 13.0 Å². The maximum Gasteiger partial charge on any atom is 0.255 e. The molecule has 0 radical (unpaired) electrons. The van der Waals surface area contributed by atoms with Gasteiger partial charge in [0.2, 0.25) is 0 Å². The third-order valence-electron chi connectivity index (χ3n) is 2.46. The zero-order valence-electron chi connectivity index (χ0n) is 9.81. The van der Waals surface area contributed by atoms with Crippen molar-refractivity contribution in [1.82, 2.24) is 0 Å². The van der Waals surface area contributed by atoms with Crippen LogP contribution in [0.5, 0.6) is 5.75 Å². The first-order valence-corrected chi connectivity index (χ1v) is 5.40. The first kappa shape index (κ1) is 12.1. The molecule has 0 fully saturated rings. The molecule has 0 heterocycles. The van der Waals surface area contributed by atoms with Gasteiger partial charge in [-0.1, -0.05) is 18.2 Å². The van der Waals surface area contributed by atoms with Crippen LogP contribution in [0.2, 0.25) is 0 Å². The molecule has 18 heavy (non-hydrogen) atoms. The largest absolute Gasteiger partial charge is 0.497 e. The Hall–Kier alpha value is -2.36. The summed E-state index contributed by atoms with van der Waals surface area (Å²) in [5.41, 5.74) is 0.609. The Kier molecular flexibility index (Phi) is 3.57. The normalized spacial score (nSPS) is 9.89. The van der Waals surface area contributed by atoms with E-state index in [1.807, 2.05) is 6.07 Å². The van der Waals surface area contributed by atoms with Gasteiger partial charge in [-0.2, -0.15) is 0 Å². The van der Waals surface area contributed by atoms with Crippen LogP contribution in [0.4, 0.5) is 10.1 Å². The molecule has 0 unspecified atom stereocenters. The monoisotopic (exact) mass is 245 g/mol. The van der Waals surface area contributed by atoms with Crippen LogP contribution >= 0.6 is 0 Å². The van der Waals surface area contributed by atoms with E-state index < -0.39 is 5.82 Å². The summed E-state index contributed by atoms with van der Waals surface area (Å²) in [4.78, 5) is 11.8. The molecule has 0 bridgehead atoms. The minimum atomic E-state index is -0.529. The Bertz CT molecular complexity index is 555. The van der Waals surface area contributed by atoms with Gasteiger partial charge in [-0.3, -0.25) is 4.79 Å². The smallest absolute Gasteiger partial charge is 0.255 e. The molecule has 0 saturated carbocycles. The first-order valence-electron chi connectivity index (χ1n) is 5.40. The average molecular weight is 245 g/mol. The number of hydrogen-bond acceptors (Lipinski definition) is 2. The molecule has 0 aliphatic heterocycles. The minimum Gasteiger partial charge on any atom is -0.497 e. The standard InChI is InChI=1S/C14H12FNO2/c1-18-11-7-8-13(12(15)9-11)16-14(17)10-5-3-2-4-6-10/h2-9H,1H3,(H,16,17). The van der Waals surface area contributed by atoms with Crippen molar-refractivity contribution in [2.24, 2.45) is 0 Å². The zero-order valence-corrected chi connectivity index (χ0v) is 9.81. The highest BCUT2D eigenvalue weighted by Crippen LogP contribution is 2.20. The molecular formula is C14H12FNO2. The molecule has 0 spiro atoms. The van der Waals surface area contributed by atoms with Crippen molar-refractivity contribution in [2.75, 3.05) is 12.4 Å². The summed E-state index contributed by atoms with van der Waals surface area (Å²) in [6.45, 7) is 0. The number of halogens is 1. The van der Waals surface area contributed by atoms with E-state index in [4.69, 9.17) is 4.74 Å². The van der Waals surface area contributed by atoms with Crippen LogP contribution in [0.1, 0.15) is 10.4 Å². The molecule has 1 N–H and O–H groups in total. The Morgan fingerprint density at radius 3 is 2.50 bits per heavy atom. The third kappa shape index (κ3) is 2.66. The molecule has 0 atom stereocenters. The predicted octanol–water partition coefficient (Wildman–Crippen LogP) is 3.09. The van der Waals surface area contributed by atoms with Gasteiger partial charge in [-0.15, -0.1) is 0 Å². The van der Waals surface area contributed by atoms with Crippen molar-refractivity contribution in [2.45, 2.75) is 0 Å². The van der Waals surface area contributed by atoms with Crippen molar-refractivity contribution < 1.29 is 13.9 Å². The number of nitrogens with one attached hydrogen (secondary N) is 1. The minimum absolute atomic E-state index is 0.129. The number of anilines is 1. The van der Waals surface area contributed by atoms with Crippen LogP contribution in [0, 0.1) is 5.82 Å². The number of methoxy groups -OCH3 is 1. The van der Waals surface area contributed by atoms with E-state index in [0.717, 1.165) is 0 Å². The van der Waals surface area contributed by atoms with E-state index >= 15 is 0 Å². The fraction of sp³-hybridized carbons (Fsp3) is 0.0714. The fourth-order valence-corrected chi connectivity index (χ4v) is 1.51. The summed E-state index contributed by atoms with van der Waals surface area (Å²) < 4.78 is 18.5. The Morgan fingerprint density at radius 1 is 1.17 bits per heavy atom. The molecule has 2 aromatic rings. The van der Waals surface area contributed by atoms with Gasteiger partial charge in [0.05, 0.1) is 12.8 Å². The van der Waals surface area contributed by atoms with Crippen molar-refractivity contribution >= 4 is 11.6 Å². The highest BCUT2D eigenvalue weighted by Gasteiger charge is 2.09. The Balaban J connectivity index is 2.17. The molecule has 3 nitrogen and oxygen atoms in total. The number of carbonyl (C=O) groups excluding carboxylic acids is 1. The predicted molar refractivity (Wildman–Crippen MR) is 67.3 cm³/mol. The lowest BCUT2D eigenvalue weighted by atomic mass is 10.2. The Labute approximate surface area is 104 Å². The summed E-state index contributed by atoms with van der Waals surface area (Å²) in [7, 11) is 1.46. The first-order chi connectivity index (χ1) is 8.70. The van der Waals surface area contributed by atoms with Gasteiger partial charge in [0.1, 0.15) is 11.6 Å². The van der Waals surface area contributed by atoms with Gasteiger partial charge < -0.3 is 10.1 Å². The molecule has 1 amide bonds. The molecular weight excluding hydrogens is 233 g/mol. The van der Waals surface area contributed by atoms with Gasteiger partial charge >= 0.3 is 0 Å². The molecule has 2 aromatic carbocycles. The number of carbonyl (C=O) groups is 1. The molecule has 4 heteroatoms. The van der Waals surface area contributed by atoms with Crippen molar-refractivity contribution in [3.05, 3.63) is 59.9 Å². The summed E-state index contributed by atoms with van der Waals surface area (Å²) in [6.07, 6.45) is 0. The van der Waals surface area contributed by atoms with Gasteiger partial charge in [0.25, 0.3) is 5.91 Å². The van der Waals surface area contributed by atoms with Gasteiger partial charge in [0, 0.05) is 11.6 Å². The molecule has 0 aliphatic carbocycles. The fourth-order valence-electron chi connectivity index (χ4n) is 1.51. The number of hydrogen-bond donors (Lipinski definition) is 1. The van der Waals surface area contributed by atoms with Gasteiger partial charge in [-0.25, -0.2) is 4.39 Å². The highest BCUT2D eigenvalue weighted by atomic mass is 19.1. The highest BCUT2D eigenvalue weighted by molar-refractivity contribution is 6.04. The second-order valence-corrected chi connectivity index (χ2v) is 3.67. The SMILES string of the molecule is COc1ccc(NC(=O)c2ccccc2)c(F)c1. The molecule has 0 saturated heterocycles. The van der Waals surface area contributed by atoms with Crippen LogP contribution < -0.4 is 10.1 Å². The van der Waals surface area contributed by atoms with E-state index in [1.165, 1.54) is 19.2 Å². The zero-order chi connectivity index (χ0) is 13.0. The van der Waals surface area contributed by atoms with Gasteiger partial charge in [0.15, 0.2) is 0 Å². The molecule has 0 aromatic heterocycles. The lowest BCUT2D eigenvalue weighted by molar-refractivity contribution is 0.102.